The molecule has 0 aliphatic rings. The van der Waals surface area contributed by atoms with E-state index in [1.165, 1.54) is 6.92 Å². The highest BCUT2D eigenvalue weighted by Crippen LogP contribution is 2.26. The van der Waals surface area contributed by atoms with E-state index in [2.05, 4.69) is 37.0 Å². The summed E-state index contributed by atoms with van der Waals surface area (Å²) in [6.07, 6.45) is 0.854. The molecule has 7 N–H and O–H groups in total. The Hall–Kier alpha value is -4.50. The molecule has 0 unspecified atom stereocenters. The molecule has 0 aliphatic heterocycles. The van der Waals surface area contributed by atoms with Crippen LogP contribution in [0.25, 0.3) is 11.1 Å². The van der Waals surface area contributed by atoms with Gasteiger partial charge in [0.15, 0.2) is 22.8 Å². The number of carbonyl (C=O) groups excluding carboxylic acids is 2. The number of rotatable bonds is 21. The van der Waals surface area contributed by atoms with Gasteiger partial charge >= 0.3 is 11.9 Å². The zero-order chi connectivity index (χ0) is 37.3. The number of unbranched alkanes of at least 4 members (excludes halogenated alkanes) is 2. The highest BCUT2D eigenvalue weighted by atomic mass is 35.5. The van der Waals surface area contributed by atoms with Gasteiger partial charge in [-0.15, -0.1) is 0 Å². The van der Waals surface area contributed by atoms with Crippen molar-refractivity contribution in [2.75, 3.05) is 13.2 Å². The van der Waals surface area contributed by atoms with Crippen LogP contribution in [0, 0.1) is 0 Å². The van der Waals surface area contributed by atoms with Gasteiger partial charge < -0.3 is 19.9 Å². The number of aryl methyl sites for hydroxylation is 1. The number of nitrogens with zero attached hydrogens (tertiary/aromatic N) is 6. The SMILES string of the molecule is C=NN/C(=N\N)c1ccccc1-c1ccc(Cn2c(CCCC)nc(Cl)c2C(=O)O[C@H](C)C(=O)OCCCC[C@H](CON(O)O)ON(O)O)cc1. The molecule has 0 spiro atoms. The lowest BCUT2D eigenvalue weighted by atomic mass is 9.98. The Morgan fingerprint density at radius 1 is 1.08 bits per heavy atom. The van der Waals surface area contributed by atoms with Gasteiger partial charge in [-0.25, -0.2) is 24.2 Å². The maximum absolute atomic E-state index is 13.4. The zero-order valence-electron chi connectivity index (χ0n) is 28.2. The smallest absolute Gasteiger partial charge is 0.359 e. The molecule has 0 saturated carbocycles. The third-order valence-corrected chi connectivity index (χ3v) is 7.72. The van der Waals surface area contributed by atoms with E-state index >= 15 is 0 Å². The van der Waals surface area contributed by atoms with Gasteiger partial charge in [0.25, 0.3) is 0 Å². The van der Waals surface area contributed by atoms with Crippen LogP contribution in [0.2, 0.25) is 5.15 Å². The van der Waals surface area contributed by atoms with Crippen LogP contribution in [0.3, 0.4) is 0 Å². The van der Waals surface area contributed by atoms with Crippen LogP contribution in [-0.2, 0) is 36.9 Å². The van der Waals surface area contributed by atoms with Crippen LogP contribution >= 0.6 is 11.6 Å². The van der Waals surface area contributed by atoms with Crippen molar-refractivity contribution >= 4 is 36.1 Å². The first-order chi connectivity index (χ1) is 24.5. The number of amidine groups is 1. The van der Waals surface area contributed by atoms with Crippen molar-refractivity contribution in [3.63, 3.8) is 0 Å². The molecule has 3 aromatic rings. The lowest BCUT2D eigenvalue weighted by Crippen LogP contribution is -2.31. The summed E-state index contributed by atoms with van der Waals surface area (Å²) in [7, 11) is 0. The predicted octanol–water partition coefficient (Wildman–Crippen LogP) is 4.07. The molecule has 0 fully saturated rings. The number of hydrazone groups is 2. The van der Waals surface area contributed by atoms with Gasteiger partial charge in [0.05, 0.1) is 17.4 Å². The number of imidazole rings is 1. The molecular weight excluding hydrogens is 692 g/mol. The van der Waals surface area contributed by atoms with Crippen LogP contribution in [0.5, 0.6) is 0 Å². The van der Waals surface area contributed by atoms with Gasteiger partial charge in [-0.1, -0.05) is 73.5 Å². The monoisotopic (exact) mass is 734 g/mol. The standard InChI is InChI=1S/C32H43ClN8O10/c1-4-5-13-27-36-29(33)28(32(43)50-21(2)31(42)48-18-9-8-10-24(51-41(46)47)20-49-40(44)45)39(27)19-22-14-16-23(17-15-22)25-11-6-7-12-26(25)30(37-34)38-35-3/h6-7,11-12,14-17,21,24,44-47H,3-5,8-10,13,18-20,34H2,1-2H3,(H,37,38)/t21-,24-/m1/s1. The fourth-order valence-electron chi connectivity index (χ4n) is 4.98. The Balaban J connectivity index is 1.68. The first kappa shape index (κ1) is 40.9. The number of nitrogens with two attached hydrogens (primary N) is 1. The molecule has 2 atom stereocenters. The fourth-order valence-corrected chi connectivity index (χ4v) is 5.26. The number of benzene rings is 2. The zero-order valence-corrected chi connectivity index (χ0v) is 29.0. The Bertz CT molecular complexity index is 1600. The molecule has 19 heteroatoms. The van der Waals surface area contributed by atoms with E-state index in [-0.39, 0.29) is 30.4 Å². The third kappa shape index (κ3) is 12.6. The van der Waals surface area contributed by atoms with Crippen molar-refractivity contribution in [3.8, 4) is 11.1 Å². The molecule has 0 amide bonds. The summed E-state index contributed by atoms with van der Waals surface area (Å²) in [5.41, 5.74) is 6.01. The number of halogens is 1. The van der Waals surface area contributed by atoms with Gasteiger partial charge in [-0.05, 0) is 49.3 Å². The molecule has 3 rings (SSSR count). The van der Waals surface area contributed by atoms with Crippen LogP contribution < -0.4 is 11.3 Å². The highest BCUT2D eigenvalue weighted by Gasteiger charge is 2.28. The molecule has 51 heavy (non-hydrogen) atoms. The number of hydrogen-bond acceptors (Lipinski definition) is 16. The molecule has 0 aliphatic carbocycles. The normalized spacial score (nSPS) is 12.9. The van der Waals surface area contributed by atoms with Gasteiger partial charge in [-0.2, -0.15) is 10.2 Å². The molecular formula is C32H43ClN8O10. The van der Waals surface area contributed by atoms with Crippen molar-refractivity contribution < 1.29 is 49.6 Å². The minimum atomic E-state index is -1.27. The lowest BCUT2D eigenvalue weighted by molar-refractivity contribution is -0.527. The quantitative estimate of drug-likeness (QED) is 0.0226. The Labute approximate surface area is 299 Å². The van der Waals surface area contributed by atoms with Crippen LogP contribution in [0.15, 0.2) is 58.7 Å². The number of nitrogens with one attached hydrogen (secondary N) is 1. The van der Waals surface area contributed by atoms with Crippen molar-refractivity contribution in [3.05, 3.63) is 76.3 Å². The molecule has 0 radical (unpaired) electrons. The number of hydrogen-bond donors (Lipinski definition) is 6. The van der Waals surface area contributed by atoms with E-state index in [0.29, 0.717) is 30.9 Å². The summed E-state index contributed by atoms with van der Waals surface area (Å²) in [6.45, 7) is 6.62. The van der Waals surface area contributed by atoms with E-state index in [1.807, 2.05) is 55.5 Å². The van der Waals surface area contributed by atoms with Gasteiger partial charge in [0, 0.05) is 25.2 Å². The van der Waals surface area contributed by atoms with Crippen LogP contribution in [0.1, 0.15) is 73.4 Å². The minimum absolute atomic E-state index is 0.00281. The van der Waals surface area contributed by atoms with E-state index in [1.54, 1.807) is 4.57 Å². The van der Waals surface area contributed by atoms with Crippen molar-refractivity contribution in [1.29, 1.82) is 0 Å². The second-order valence-corrected chi connectivity index (χ2v) is 11.4. The number of esters is 2. The van der Waals surface area contributed by atoms with E-state index < -0.39 is 41.5 Å². The summed E-state index contributed by atoms with van der Waals surface area (Å²) >= 11 is 6.49. The largest absolute Gasteiger partial charge is 0.463 e. The second-order valence-electron chi connectivity index (χ2n) is 11.1. The summed E-state index contributed by atoms with van der Waals surface area (Å²) in [5, 5.41) is 41.4. The summed E-state index contributed by atoms with van der Waals surface area (Å²) in [4.78, 5) is 39.6. The molecule has 278 valence electrons. The molecule has 18 nitrogen and oxygen atoms in total. The highest BCUT2D eigenvalue weighted by molar-refractivity contribution is 6.32. The van der Waals surface area contributed by atoms with Gasteiger partial charge in [0.2, 0.25) is 0 Å². The predicted molar refractivity (Wildman–Crippen MR) is 182 cm³/mol. The number of carbonyl (C=O) groups is 2. The fraction of sp³-hybridized carbons (Fsp3) is 0.406. The first-order valence-corrected chi connectivity index (χ1v) is 16.3. The lowest BCUT2D eigenvalue weighted by Gasteiger charge is -2.19. The summed E-state index contributed by atoms with van der Waals surface area (Å²) in [6, 6.07) is 15.2. The number of aromatic nitrogens is 2. The maximum Gasteiger partial charge on any atom is 0.359 e. The van der Waals surface area contributed by atoms with Gasteiger partial charge in [-0.3, -0.25) is 26.3 Å². The van der Waals surface area contributed by atoms with E-state index in [0.717, 1.165) is 35.1 Å². The van der Waals surface area contributed by atoms with Crippen molar-refractivity contribution in [2.45, 2.75) is 71.1 Å². The molecule has 0 saturated heterocycles. The molecule has 1 heterocycles. The second kappa shape index (κ2) is 21.0. The summed E-state index contributed by atoms with van der Waals surface area (Å²) in [5.74, 6) is 4.88. The number of ether oxygens (including phenoxy) is 2. The molecule has 2 aromatic carbocycles. The Morgan fingerprint density at radius 2 is 1.80 bits per heavy atom. The molecule has 0 bridgehead atoms. The average Bonchev–Trinajstić information content (AvgIpc) is 3.42. The molecule has 1 aromatic heterocycles. The summed E-state index contributed by atoms with van der Waals surface area (Å²) < 4.78 is 12.4. The first-order valence-electron chi connectivity index (χ1n) is 15.9. The van der Waals surface area contributed by atoms with Crippen molar-refractivity contribution in [1.82, 2.24) is 25.8 Å². The average molecular weight is 735 g/mol. The Morgan fingerprint density at radius 3 is 2.45 bits per heavy atom. The van der Waals surface area contributed by atoms with E-state index in [9.17, 15) is 9.59 Å². The van der Waals surface area contributed by atoms with Crippen molar-refractivity contribution in [2.24, 2.45) is 16.0 Å². The minimum Gasteiger partial charge on any atom is -0.463 e. The third-order valence-electron chi connectivity index (χ3n) is 7.45. The van der Waals surface area contributed by atoms with Gasteiger partial charge in [0.1, 0.15) is 18.5 Å². The van der Waals surface area contributed by atoms with Crippen LogP contribution in [-0.4, -0.2) is 91.1 Å². The van der Waals surface area contributed by atoms with E-state index in [4.69, 9.17) is 47.7 Å². The van der Waals surface area contributed by atoms with Crippen LogP contribution in [0.4, 0.5) is 0 Å². The maximum atomic E-state index is 13.4. The topological polar surface area (TPSA) is 239 Å². The Kier molecular flexibility index (Phi) is 16.9.